The maximum atomic E-state index is 12.5. The molecule has 1 saturated carbocycles. The van der Waals surface area contributed by atoms with Gasteiger partial charge in [-0.2, -0.15) is 0 Å². The molecule has 1 saturated heterocycles. The zero-order chi connectivity index (χ0) is 15.4. The summed E-state index contributed by atoms with van der Waals surface area (Å²) in [5, 5.41) is 3.30. The molecule has 0 aromatic heterocycles. The number of nitrogens with one attached hydrogen (secondary N) is 1. The van der Waals surface area contributed by atoms with Crippen LogP contribution in [0.2, 0.25) is 0 Å². The Morgan fingerprint density at radius 1 is 1.23 bits per heavy atom. The van der Waals surface area contributed by atoms with E-state index < -0.39 is 0 Å². The van der Waals surface area contributed by atoms with Gasteiger partial charge in [-0.05, 0) is 37.8 Å². The summed E-state index contributed by atoms with van der Waals surface area (Å²) in [5.74, 6) is 0.557. The Morgan fingerprint density at radius 2 is 2.00 bits per heavy atom. The molecule has 0 radical (unpaired) electrons. The summed E-state index contributed by atoms with van der Waals surface area (Å²) in [5.41, 5.74) is 0.758. The molecule has 1 N–H and O–H groups in total. The van der Waals surface area contributed by atoms with Crippen molar-refractivity contribution in [1.82, 2.24) is 5.32 Å². The largest absolute Gasteiger partial charge is 0.375 e. The maximum absolute atomic E-state index is 12.5. The lowest BCUT2D eigenvalue weighted by molar-refractivity contribution is -0.113. The molecule has 3 heteroatoms. The molecule has 2 aliphatic rings. The molecule has 4 atom stereocenters. The Labute approximate surface area is 133 Å². The fourth-order valence-corrected chi connectivity index (χ4v) is 4.03. The van der Waals surface area contributed by atoms with Crippen LogP contribution in [0.25, 0.3) is 0 Å². The van der Waals surface area contributed by atoms with Crippen LogP contribution in [0, 0.1) is 5.92 Å². The van der Waals surface area contributed by atoms with Gasteiger partial charge in [-0.1, -0.05) is 44.4 Å². The summed E-state index contributed by atoms with van der Waals surface area (Å²) in [6.45, 7) is 2.20. The van der Waals surface area contributed by atoms with Gasteiger partial charge in [-0.15, -0.1) is 0 Å². The van der Waals surface area contributed by atoms with E-state index in [1.165, 1.54) is 19.3 Å². The topological polar surface area (TPSA) is 38.3 Å². The Kier molecular flexibility index (Phi) is 5.14. The van der Waals surface area contributed by atoms with Crippen molar-refractivity contribution < 1.29 is 9.53 Å². The number of hydrogen-bond acceptors (Lipinski definition) is 2. The summed E-state index contributed by atoms with van der Waals surface area (Å²) in [6, 6.07) is 9.82. The molecular formula is C19H27NO2. The van der Waals surface area contributed by atoms with Crippen LogP contribution in [0.5, 0.6) is 0 Å². The predicted molar refractivity (Wildman–Crippen MR) is 87.8 cm³/mol. The Bertz CT molecular complexity index is 487. The van der Waals surface area contributed by atoms with Crippen molar-refractivity contribution in [2.45, 2.75) is 70.1 Å². The summed E-state index contributed by atoms with van der Waals surface area (Å²) in [7, 11) is 0. The summed E-state index contributed by atoms with van der Waals surface area (Å²) >= 11 is 0. The quantitative estimate of drug-likeness (QED) is 0.915. The molecule has 1 aliphatic heterocycles. The van der Waals surface area contributed by atoms with Crippen LogP contribution < -0.4 is 5.32 Å². The third-order valence-corrected chi connectivity index (χ3v) is 5.12. The molecule has 1 aromatic rings. The van der Waals surface area contributed by atoms with Gasteiger partial charge in [0.25, 0.3) is 5.91 Å². The Morgan fingerprint density at radius 3 is 2.77 bits per heavy atom. The third-order valence-electron chi connectivity index (χ3n) is 5.12. The molecular weight excluding hydrogens is 274 g/mol. The first-order valence-electron chi connectivity index (χ1n) is 8.79. The van der Waals surface area contributed by atoms with E-state index in [0.29, 0.717) is 18.1 Å². The predicted octanol–water partition coefficient (Wildman–Crippen LogP) is 3.93. The number of fused-ring (bicyclic) bond motifs is 1. The molecule has 0 spiro atoms. The minimum absolute atomic E-state index is 0.0621. The first-order valence-corrected chi connectivity index (χ1v) is 8.79. The van der Waals surface area contributed by atoms with Crippen LogP contribution in [-0.2, 0) is 4.74 Å². The van der Waals surface area contributed by atoms with E-state index in [9.17, 15) is 4.79 Å². The number of ether oxygens (including phenoxy) is 1. The Balaban J connectivity index is 1.70. The second-order valence-electron chi connectivity index (χ2n) is 6.72. The normalized spacial score (nSPS) is 31.3. The van der Waals surface area contributed by atoms with Crippen molar-refractivity contribution in [2.75, 3.05) is 0 Å². The molecule has 120 valence electrons. The fraction of sp³-hybridized carbons (Fsp3) is 0.632. The SMILES string of the molecule is CCC[C@H]1C[C@@H](NC(=O)c2ccccc2)[C@@H]2CCCC[C@H]2O1. The molecule has 0 unspecified atom stereocenters. The molecule has 2 fully saturated rings. The molecule has 1 heterocycles. The molecule has 1 aliphatic carbocycles. The average Bonchev–Trinajstić information content (AvgIpc) is 2.56. The second-order valence-corrected chi connectivity index (χ2v) is 6.72. The molecule has 0 bridgehead atoms. The van der Waals surface area contributed by atoms with Gasteiger partial charge in [-0.25, -0.2) is 0 Å². The third kappa shape index (κ3) is 3.52. The van der Waals surface area contributed by atoms with Crippen molar-refractivity contribution in [3.63, 3.8) is 0 Å². The van der Waals surface area contributed by atoms with Gasteiger partial charge < -0.3 is 10.1 Å². The van der Waals surface area contributed by atoms with Crippen LogP contribution in [0.1, 0.15) is 62.2 Å². The lowest BCUT2D eigenvalue weighted by atomic mass is 9.77. The minimum atomic E-state index is 0.0621. The van der Waals surface area contributed by atoms with Gasteiger partial charge in [0.15, 0.2) is 0 Å². The highest BCUT2D eigenvalue weighted by atomic mass is 16.5. The summed E-state index contributed by atoms with van der Waals surface area (Å²) in [4.78, 5) is 12.5. The van der Waals surface area contributed by atoms with E-state index in [-0.39, 0.29) is 11.9 Å². The number of rotatable bonds is 4. The number of amides is 1. The number of benzene rings is 1. The first-order chi connectivity index (χ1) is 10.8. The van der Waals surface area contributed by atoms with Crippen molar-refractivity contribution in [3.8, 4) is 0 Å². The van der Waals surface area contributed by atoms with E-state index in [0.717, 1.165) is 31.2 Å². The van der Waals surface area contributed by atoms with Crippen LogP contribution in [0.15, 0.2) is 30.3 Å². The van der Waals surface area contributed by atoms with Crippen LogP contribution in [-0.4, -0.2) is 24.2 Å². The molecule has 1 amide bonds. The number of hydrogen-bond donors (Lipinski definition) is 1. The van der Waals surface area contributed by atoms with E-state index in [1.807, 2.05) is 30.3 Å². The van der Waals surface area contributed by atoms with Gasteiger partial charge in [0.1, 0.15) is 0 Å². The van der Waals surface area contributed by atoms with E-state index in [1.54, 1.807) is 0 Å². The zero-order valence-electron chi connectivity index (χ0n) is 13.5. The highest BCUT2D eigenvalue weighted by Gasteiger charge is 2.40. The average molecular weight is 301 g/mol. The van der Waals surface area contributed by atoms with Crippen molar-refractivity contribution in [3.05, 3.63) is 35.9 Å². The fourth-order valence-electron chi connectivity index (χ4n) is 4.03. The monoisotopic (exact) mass is 301 g/mol. The zero-order valence-corrected chi connectivity index (χ0v) is 13.5. The lowest BCUT2D eigenvalue weighted by Crippen LogP contribution is -2.53. The van der Waals surface area contributed by atoms with Gasteiger partial charge >= 0.3 is 0 Å². The first kappa shape index (κ1) is 15.5. The lowest BCUT2D eigenvalue weighted by Gasteiger charge is -2.45. The summed E-state index contributed by atoms with van der Waals surface area (Å²) < 4.78 is 6.30. The maximum Gasteiger partial charge on any atom is 0.251 e. The minimum Gasteiger partial charge on any atom is -0.375 e. The van der Waals surface area contributed by atoms with Crippen LogP contribution in [0.4, 0.5) is 0 Å². The molecule has 1 aromatic carbocycles. The molecule has 3 rings (SSSR count). The van der Waals surface area contributed by atoms with E-state index in [2.05, 4.69) is 12.2 Å². The van der Waals surface area contributed by atoms with Gasteiger partial charge in [-0.3, -0.25) is 4.79 Å². The summed E-state index contributed by atoms with van der Waals surface area (Å²) in [6.07, 6.45) is 8.73. The molecule has 22 heavy (non-hydrogen) atoms. The van der Waals surface area contributed by atoms with E-state index >= 15 is 0 Å². The van der Waals surface area contributed by atoms with Gasteiger partial charge in [0.05, 0.1) is 12.2 Å². The van der Waals surface area contributed by atoms with E-state index in [4.69, 9.17) is 4.74 Å². The number of carbonyl (C=O) groups is 1. The van der Waals surface area contributed by atoms with Gasteiger partial charge in [0.2, 0.25) is 0 Å². The molecule has 3 nitrogen and oxygen atoms in total. The number of carbonyl (C=O) groups excluding carboxylic acids is 1. The smallest absolute Gasteiger partial charge is 0.251 e. The van der Waals surface area contributed by atoms with Crippen LogP contribution >= 0.6 is 0 Å². The van der Waals surface area contributed by atoms with Crippen molar-refractivity contribution in [1.29, 1.82) is 0 Å². The highest BCUT2D eigenvalue weighted by Crippen LogP contribution is 2.37. The second kappa shape index (κ2) is 7.28. The van der Waals surface area contributed by atoms with Gasteiger partial charge in [0, 0.05) is 17.5 Å². The Hall–Kier alpha value is -1.35. The standard InChI is InChI=1S/C19H27NO2/c1-2-8-15-13-17(16-11-6-7-12-18(16)22-15)20-19(21)14-9-4-3-5-10-14/h3-5,9-10,15-18H,2,6-8,11-13H2,1H3,(H,20,21)/t15-,16-,17+,18+/m0/s1. The van der Waals surface area contributed by atoms with Crippen molar-refractivity contribution >= 4 is 5.91 Å². The van der Waals surface area contributed by atoms with Crippen LogP contribution in [0.3, 0.4) is 0 Å². The van der Waals surface area contributed by atoms with Crippen molar-refractivity contribution in [2.24, 2.45) is 5.92 Å². The highest BCUT2D eigenvalue weighted by molar-refractivity contribution is 5.94.